The van der Waals surface area contributed by atoms with Gasteiger partial charge >= 0.3 is 0 Å². The predicted octanol–water partition coefficient (Wildman–Crippen LogP) is 4.11. The van der Waals surface area contributed by atoms with Crippen LogP contribution in [0.1, 0.15) is 26.3 Å². The number of anilines is 1. The molecule has 0 saturated carbocycles. The molecule has 0 spiro atoms. The van der Waals surface area contributed by atoms with Crippen molar-refractivity contribution in [3.8, 4) is 11.5 Å². The van der Waals surface area contributed by atoms with E-state index in [2.05, 4.69) is 49.5 Å². The van der Waals surface area contributed by atoms with E-state index >= 15 is 0 Å². The van der Waals surface area contributed by atoms with Crippen molar-refractivity contribution in [3.63, 3.8) is 0 Å². The fourth-order valence-corrected chi connectivity index (χ4v) is 2.21. The van der Waals surface area contributed by atoms with Crippen LogP contribution >= 0.6 is 0 Å². The van der Waals surface area contributed by atoms with Crippen LogP contribution in [0.3, 0.4) is 0 Å². The van der Waals surface area contributed by atoms with Gasteiger partial charge in [-0.15, -0.1) is 0 Å². The van der Waals surface area contributed by atoms with Crippen LogP contribution in [0.4, 0.5) is 5.82 Å². The lowest BCUT2D eigenvalue weighted by Crippen LogP contribution is -2.27. The summed E-state index contributed by atoms with van der Waals surface area (Å²) in [4.78, 5) is 4.71. The SMILES string of the molecule is Cc1ccn2c(NC(C)(C)C)c(-c3ccco3)nc2c1. The first-order valence-electron chi connectivity index (χ1n) is 6.75. The maximum Gasteiger partial charge on any atom is 0.156 e. The molecule has 3 aromatic rings. The lowest BCUT2D eigenvalue weighted by molar-refractivity contribution is 0.579. The van der Waals surface area contributed by atoms with Crippen LogP contribution in [-0.4, -0.2) is 14.9 Å². The third-order valence-electron chi connectivity index (χ3n) is 3.03. The fraction of sp³-hybridized carbons (Fsp3) is 0.312. The van der Waals surface area contributed by atoms with Crippen molar-refractivity contribution in [2.75, 3.05) is 5.32 Å². The van der Waals surface area contributed by atoms with Crippen LogP contribution in [0.2, 0.25) is 0 Å². The second-order valence-electron chi connectivity index (χ2n) is 6.09. The molecular weight excluding hydrogens is 250 g/mol. The van der Waals surface area contributed by atoms with Crippen LogP contribution in [0.25, 0.3) is 17.1 Å². The molecule has 0 unspecified atom stereocenters. The molecule has 4 heteroatoms. The Hall–Kier alpha value is -2.23. The van der Waals surface area contributed by atoms with Crippen molar-refractivity contribution in [3.05, 3.63) is 42.3 Å². The van der Waals surface area contributed by atoms with E-state index in [0.29, 0.717) is 0 Å². The average molecular weight is 269 g/mol. The minimum absolute atomic E-state index is 0.0534. The molecule has 3 aromatic heterocycles. The van der Waals surface area contributed by atoms with Gasteiger partial charge in [0.15, 0.2) is 5.76 Å². The van der Waals surface area contributed by atoms with Crippen molar-refractivity contribution in [1.82, 2.24) is 9.38 Å². The quantitative estimate of drug-likeness (QED) is 0.761. The summed E-state index contributed by atoms with van der Waals surface area (Å²) in [7, 11) is 0. The molecule has 0 saturated heterocycles. The molecule has 0 atom stereocenters. The van der Waals surface area contributed by atoms with E-state index in [9.17, 15) is 0 Å². The minimum atomic E-state index is -0.0534. The highest BCUT2D eigenvalue weighted by Gasteiger charge is 2.20. The molecule has 0 amide bonds. The molecule has 0 aliphatic rings. The summed E-state index contributed by atoms with van der Waals surface area (Å²) >= 11 is 0. The second kappa shape index (κ2) is 4.40. The van der Waals surface area contributed by atoms with Gasteiger partial charge in [0.25, 0.3) is 0 Å². The van der Waals surface area contributed by atoms with Gasteiger partial charge in [-0.3, -0.25) is 4.40 Å². The third-order valence-corrected chi connectivity index (χ3v) is 3.03. The van der Waals surface area contributed by atoms with Crippen LogP contribution in [0.15, 0.2) is 41.1 Å². The van der Waals surface area contributed by atoms with Gasteiger partial charge in [-0.1, -0.05) is 0 Å². The number of pyridine rings is 1. The highest BCUT2D eigenvalue weighted by molar-refractivity contribution is 5.74. The lowest BCUT2D eigenvalue weighted by Gasteiger charge is -2.22. The first kappa shape index (κ1) is 12.8. The van der Waals surface area contributed by atoms with Gasteiger partial charge in [0.05, 0.1) is 6.26 Å². The number of rotatable bonds is 2. The van der Waals surface area contributed by atoms with E-state index in [1.165, 1.54) is 5.56 Å². The number of nitrogens with one attached hydrogen (secondary N) is 1. The van der Waals surface area contributed by atoms with Crippen LogP contribution in [0.5, 0.6) is 0 Å². The van der Waals surface area contributed by atoms with Crippen LogP contribution in [0, 0.1) is 6.92 Å². The summed E-state index contributed by atoms with van der Waals surface area (Å²) in [6, 6.07) is 7.96. The summed E-state index contributed by atoms with van der Waals surface area (Å²) in [6.07, 6.45) is 3.71. The Balaban J connectivity index is 2.24. The molecule has 0 bridgehead atoms. The summed E-state index contributed by atoms with van der Waals surface area (Å²) in [5, 5.41) is 3.52. The number of hydrogen-bond donors (Lipinski definition) is 1. The highest BCUT2D eigenvalue weighted by Crippen LogP contribution is 2.31. The Labute approximate surface area is 118 Å². The normalized spacial score (nSPS) is 12.0. The van der Waals surface area contributed by atoms with E-state index in [1.807, 2.05) is 18.3 Å². The Morgan fingerprint density at radius 2 is 2.05 bits per heavy atom. The van der Waals surface area contributed by atoms with E-state index in [-0.39, 0.29) is 5.54 Å². The van der Waals surface area contributed by atoms with E-state index in [4.69, 9.17) is 9.40 Å². The third kappa shape index (κ3) is 2.29. The van der Waals surface area contributed by atoms with Gasteiger partial charge in [-0.25, -0.2) is 4.98 Å². The number of aryl methyl sites for hydroxylation is 1. The van der Waals surface area contributed by atoms with Crippen LogP contribution < -0.4 is 5.32 Å². The second-order valence-corrected chi connectivity index (χ2v) is 6.09. The fourth-order valence-electron chi connectivity index (χ4n) is 2.21. The number of nitrogens with zero attached hydrogens (tertiary/aromatic N) is 2. The molecule has 3 heterocycles. The maximum atomic E-state index is 5.52. The van der Waals surface area contributed by atoms with Gasteiger partial charge in [0.1, 0.15) is 17.2 Å². The van der Waals surface area contributed by atoms with Gasteiger partial charge < -0.3 is 9.73 Å². The Kier molecular flexibility index (Phi) is 2.82. The van der Waals surface area contributed by atoms with Crippen molar-refractivity contribution in [2.45, 2.75) is 33.2 Å². The molecule has 0 aliphatic carbocycles. The van der Waals surface area contributed by atoms with Gasteiger partial charge in [0, 0.05) is 11.7 Å². The molecule has 3 rings (SSSR count). The topological polar surface area (TPSA) is 42.5 Å². The number of furan rings is 1. The van der Waals surface area contributed by atoms with E-state index in [0.717, 1.165) is 22.9 Å². The van der Waals surface area contributed by atoms with Crippen molar-refractivity contribution < 1.29 is 4.42 Å². The molecule has 1 N–H and O–H groups in total. The molecular formula is C16H19N3O. The average Bonchev–Trinajstić information content (AvgIpc) is 2.95. The molecule has 104 valence electrons. The first-order chi connectivity index (χ1) is 9.44. The summed E-state index contributed by atoms with van der Waals surface area (Å²) in [5.74, 6) is 1.74. The number of fused-ring (bicyclic) bond motifs is 1. The highest BCUT2D eigenvalue weighted by atomic mass is 16.3. The van der Waals surface area contributed by atoms with Crippen molar-refractivity contribution in [1.29, 1.82) is 0 Å². The molecule has 0 fully saturated rings. The standard InChI is InChI=1S/C16H19N3O/c1-11-7-8-19-13(10-11)17-14(12-6-5-9-20-12)15(19)18-16(2,3)4/h5-10,18H,1-4H3. The van der Waals surface area contributed by atoms with Gasteiger partial charge in [0.2, 0.25) is 0 Å². The monoisotopic (exact) mass is 269 g/mol. The zero-order valence-electron chi connectivity index (χ0n) is 12.3. The first-order valence-corrected chi connectivity index (χ1v) is 6.75. The zero-order valence-corrected chi connectivity index (χ0v) is 12.3. The molecule has 0 aromatic carbocycles. The smallest absolute Gasteiger partial charge is 0.156 e. The molecule has 0 aliphatic heterocycles. The number of imidazole rings is 1. The van der Waals surface area contributed by atoms with Crippen LogP contribution in [-0.2, 0) is 0 Å². The summed E-state index contributed by atoms with van der Waals surface area (Å²) in [5.41, 5.74) is 2.90. The van der Waals surface area contributed by atoms with Gasteiger partial charge in [-0.2, -0.15) is 0 Å². The number of hydrogen-bond acceptors (Lipinski definition) is 3. The minimum Gasteiger partial charge on any atom is -0.463 e. The Morgan fingerprint density at radius 3 is 2.70 bits per heavy atom. The predicted molar refractivity (Wildman–Crippen MR) is 81.0 cm³/mol. The molecule has 4 nitrogen and oxygen atoms in total. The van der Waals surface area contributed by atoms with Gasteiger partial charge in [-0.05, 0) is 57.5 Å². The number of aromatic nitrogens is 2. The Morgan fingerprint density at radius 1 is 1.25 bits per heavy atom. The molecule has 20 heavy (non-hydrogen) atoms. The summed E-state index contributed by atoms with van der Waals surface area (Å²) in [6.45, 7) is 8.46. The lowest BCUT2D eigenvalue weighted by atomic mass is 10.1. The zero-order chi connectivity index (χ0) is 14.3. The van der Waals surface area contributed by atoms with Crippen molar-refractivity contribution in [2.24, 2.45) is 0 Å². The largest absolute Gasteiger partial charge is 0.463 e. The van der Waals surface area contributed by atoms with E-state index in [1.54, 1.807) is 6.26 Å². The molecule has 0 radical (unpaired) electrons. The maximum absolute atomic E-state index is 5.52. The van der Waals surface area contributed by atoms with E-state index < -0.39 is 0 Å². The Bertz CT molecular complexity index is 733. The summed E-state index contributed by atoms with van der Waals surface area (Å²) < 4.78 is 7.58. The van der Waals surface area contributed by atoms with Crippen molar-refractivity contribution >= 4 is 11.5 Å².